The highest BCUT2D eigenvalue weighted by atomic mass is 35.5. The summed E-state index contributed by atoms with van der Waals surface area (Å²) in [5, 5.41) is 28.3. The molecule has 1 aliphatic carbocycles. The number of carboxylic acid groups (broad SMARTS) is 1. The molecule has 14 heteroatoms. The lowest BCUT2D eigenvalue weighted by atomic mass is 9.73. The first-order valence-electron chi connectivity index (χ1n) is 13.4. The zero-order chi connectivity index (χ0) is 31.3. The molecule has 1 saturated carbocycles. The van der Waals surface area contributed by atoms with Crippen LogP contribution in [0, 0.1) is 29.6 Å². The molecule has 1 atom stereocenters. The molecule has 1 fully saturated rings. The van der Waals surface area contributed by atoms with Crippen molar-refractivity contribution >= 4 is 39.8 Å². The number of hydrogen-bond donors (Lipinski definition) is 5. The SMILES string of the molecule is Cc1nc(F)ccc1[C@H](Nc1cc(Cl)c2ncc(C#N)c(NCC(C)(C)C)c2c1)C1=CN(C2(C(=O)O)CC(F)(F)C2)NN1. The summed E-state index contributed by atoms with van der Waals surface area (Å²) < 4.78 is 41.7. The van der Waals surface area contributed by atoms with Gasteiger partial charge in [0.05, 0.1) is 33.5 Å². The number of anilines is 2. The average molecular weight is 615 g/mol. The predicted molar refractivity (Wildman–Crippen MR) is 155 cm³/mol. The minimum Gasteiger partial charge on any atom is -0.479 e. The molecule has 0 amide bonds. The molecule has 2 aromatic heterocycles. The maximum absolute atomic E-state index is 14.0. The van der Waals surface area contributed by atoms with Crippen molar-refractivity contribution in [3.63, 3.8) is 0 Å². The number of pyridine rings is 2. The van der Waals surface area contributed by atoms with Crippen LogP contribution in [0.25, 0.3) is 10.9 Å². The fourth-order valence-corrected chi connectivity index (χ4v) is 5.51. The number of halogens is 4. The van der Waals surface area contributed by atoms with Crippen molar-refractivity contribution in [2.45, 2.75) is 58.0 Å². The molecule has 3 aromatic rings. The zero-order valence-electron chi connectivity index (χ0n) is 23.8. The highest BCUT2D eigenvalue weighted by molar-refractivity contribution is 6.35. The number of aliphatic carboxylic acids is 1. The minimum absolute atomic E-state index is 0.0998. The number of fused-ring (bicyclic) bond motifs is 1. The van der Waals surface area contributed by atoms with E-state index in [1.54, 1.807) is 19.1 Å². The van der Waals surface area contributed by atoms with Crippen molar-refractivity contribution < 1.29 is 23.1 Å². The van der Waals surface area contributed by atoms with Crippen molar-refractivity contribution in [2.75, 3.05) is 17.2 Å². The van der Waals surface area contributed by atoms with E-state index in [1.165, 1.54) is 24.5 Å². The van der Waals surface area contributed by atoms with Gasteiger partial charge in [-0.2, -0.15) is 9.65 Å². The van der Waals surface area contributed by atoms with Crippen molar-refractivity contribution in [1.82, 2.24) is 25.9 Å². The van der Waals surface area contributed by atoms with E-state index >= 15 is 0 Å². The van der Waals surface area contributed by atoms with Gasteiger partial charge in [0.25, 0.3) is 5.92 Å². The Balaban J connectivity index is 1.58. The van der Waals surface area contributed by atoms with Crippen LogP contribution in [0.2, 0.25) is 5.02 Å². The van der Waals surface area contributed by atoms with Crippen LogP contribution in [0.1, 0.15) is 56.5 Å². The zero-order valence-corrected chi connectivity index (χ0v) is 24.6. The van der Waals surface area contributed by atoms with Gasteiger partial charge in [0.15, 0.2) is 5.54 Å². The van der Waals surface area contributed by atoms with E-state index in [2.05, 4.69) is 58.4 Å². The van der Waals surface area contributed by atoms with Gasteiger partial charge in [0, 0.05) is 54.1 Å². The summed E-state index contributed by atoms with van der Waals surface area (Å²) in [5.41, 5.74) is 6.70. The quantitative estimate of drug-likeness (QED) is 0.203. The normalized spacial score (nSPS) is 17.8. The molecule has 43 heavy (non-hydrogen) atoms. The predicted octanol–water partition coefficient (Wildman–Crippen LogP) is 5.63. The molecule has 3 heterocycles. The molecule has 226 valence electrons. The number of hydrazine groups is 2. The second kappa shape index (κ2) is 10.8. The summed E-state index contributed by atoms with van der Waals surface area (Å²) >= 11 is 6.67. The Morgan fingerprint density at radius 1 is 1.30 bits per heavy atom. The Labute approximate surface area is 250 Å². The van der Waals surface area contributed by atoms with Crippen LogP contribution in [0.15, 0.2) is 42.4 Å². The largest absolute Gasteiger partial charge is 0.479 e. The number of aryl methyl sites for hydroxylation is 1. The van der Waals surface area contributed by atoms with Gasteiger partial charge < -0.3 is 21.2 Å². The van der Waals surface area contributed by atoms with Crippen LogP contribution in [-0.2, 0) is 4.79 Å². The molecule has 0 saturated heterocycles. The first kappa shape index (κ1) is 30.2. The summed E-state index contributed by atoms with van der Waals surface area (Å²) in [6.07, 6.45) is 1.11. The summed E-state index contributed by atoms with van der Waals surface area (Å²) in [7, 11) is 0. The van der Waals surface area contributed by atoms with Crippen molar-refractivity contribution in [3.05, 3.63) is 70.2 Å². The molecule has 0 bridgehead atoms. The van der Waals surface area contributed by atoms with Crippen LogP contribution >= 0.6 is 11.6 Å². The fraction of sp³-hybridized carbons (Fsp3) is 0.379. The van der Waals surface area contributed by atoms with Gasteiger partial charge in [0.2, 0.25) is 5.95 Å². The number of carboxylic acids is 1. The lowest BCUT2D eigenvalue weighted by molar-refractivity contribution is -0.200. The molecule has 1 aliphatic heterocycles. The molecule has 10 nitrogen and oxygen atoms in total. The van der Waals surface area contributed by atoms with E-state index < -0.39 is 42.3 Å². The van der Waals surface area contributed by atoms with E-state index in [4.69, 9.17) is 11.6 Å². The van der Waals surface area contributed by atoms with Gasteiger partial charge in [-0.25, -0.2) is 18.6 Å². The molecule has 0 unspecified atom stereocenters. The molecule has 2 aliphatic rings. The molecule has 1 aromatic carbocycles. The monoisotopic (exact) mass is 614 g/mol. The van der Waals surface area contributed by atoms with Crippen LogP contribution in [0.4, 0.5) is 24.5 Å². The highest BCUT2D eigenvalue weighted by Gasteiger charge is 2.65. The van der Waals surface area contributed by atoms with Gasteiger partial charge in [-0.05, 0) is 30.5 Å². The van der Waals surface area contributed by atoms with E-state index in [9.17, 15) is 28.3 Å². The van der Waals surface area contributed by atoms with Gasteiger partial charge in [0.1, 0.15) is 6.07 Å². The number of nitrogens with zero attached hydrogens (tertiary/aromatic N) is 4. The molecule has 0 spiro atoms. The van der Waals surface area contributed by atoms with Crippen molar-refractivity contribution in [2.24, 2.45) is 5.41 Å². The van der Waals surface area contributed by atoms with Gasteiger partial charge >= 0.3 is 5.97 Å². The molecular formula is C29H30ClF3N8O2. The van der Waals surface area contributed by atoms with Gasteiger partial charge in [-0.3, -0.25) is 9.99 Å². The summed E-state index contributed by atoms with van der Waals surface area (Å²) in [6.45, 7) is 8.33. The van der Waals surface area contributed by atoms with Crippen LogP contribution < -0.4 is 21.6 Å². The van der Waals surface area contributed by atoms with Gasteiger partial charge in [-0.1, -0.05) is 38.4 Å². The number of nitrogens with one attached hydrogen (secondary N) is 4. The second-order valence-electron chi connectivity index (χ2n) is 12.1. The number of hydrogen-bond acceptors (Lipinski definition) is 9. The summed E-state index contributed by atoms with van der Waals surface area (Å²) in [5.74, 6) is -5.19. The number of nitriles is 1. The fourth-order valence-electron chi connectivity index (χ4n) is 5.24. The standard InChI is InChI=1S/C29H30ClF3N8O2/c1-15-18(5-6-22(31)37-15)25(21-11-41(40-39-21)28(26(42)43)12-29(32,33)13-28)38-17-7-19-23(36-14-27(2,3)4)16(9-34)10-35-24(19)20(30)8-17/h5-8,10-11,25,38-40H,12-14H2,1-4H3,(H,35,36)(H,42,43)/t25-/m0/s1. The van der Waals surface area contributed by atoms with E-state index in [-0.39, 0.29) is 5.41 Å². The number of aromatic nitrogens is 2. The van der Waals surface area contributed by atoms with Crippen LogP contribution in [0.5, 0.6) is 0 Å². The molecular weight excluding hydrogens is 585 g/mol. The Hall–Kier alpha value is -4.28. The smallest absolute Gasteiger partial charge is 0.331 e. The first-order valence-corrected chi connectivity index (χ1v) is 13.8. The lowest BCUT2D eigenvalue weighted by Gasteiger charge is -2.48. The third kappa shape index (κ3) is 5.85. The minimum atomic E-state index is -3.11. The second-order valence-corrected chi connectivity index (χ2v) is 12.5. The van der Waals surface area contributed by atoms with Crippen LogP contribution in [0.3, 0.4) is 0 Å². The Kier molecular flexibility index (Phi) is 7.56. The first-order chi connectivity index (χ1) is 20.1. The lowest BCUT2D eigenvalue weighted by Crippen LogP contribution is -2.68. The third-order valence-electron chi connectivity index (χ3n) is 7.42. The van der Waals surface area contributed by atoms with Crippen molar-refractivity contribution in [1.29, 1.82) is 5.26 Å². The maximum atomic E-state index is 14.0. The number of benzene rings is 1. The van der Waals surface area contributed by atoms with E-state index in [0.29, 0.717) is 56.4 Å². The average Bonchev–Trinajstić information content (AvgIpc) is 3.39. The topological polar surface area (TPSA) is 138 Å². The number of rotatable bonds is 8. The molecule has 0 radical (unpaired) electrons. The summed E-state index contributed by atoms with van der Waals surface area (Å²) in [4.78, 5) is 20.4. The van der Waals surface area contributed by atoms with E-state index in [1.807, 2.05) is 0 Å². The number of alkyl halides is 2. The van der Waals surface area contributed by atoms with Crippen molar-refractivity contribution in [3.8, 4) is 6.07 Å². The summed E-state index contributed by atoms with van der Waals surface area (Å²) in [6, 6.07) is 7.50. The Morgan fingerprint density at radius 3 is 2.63 bits per heavy atom. The third-order valence-corrected chi connectivity index (χ3v) is 7.70. The van der Waals surface area contributed by atoms with Crippen LogP contribution in [-0.4, -0.2) is 44.1 Å². The van der Waals surface area contributed by atoms with Gasteiger partial charge in [-0.15, -0.1) is 5.53 Å². The van der Waals surface area contributed by atoms with E-state index in [0.717, 1.165) is 5.01 Å². The number of carbonyl (C=O) groups is 1. The molecule has 5 rings (SSSR count). The maximum Gasteiger partial charge on any atom is 0.331 e. The highest BCUT2D eigenvalue weighted by Crippen LogP contribution is 2.50. The Bertz CT molecular complexity index is 1680. The molecule has 5 N–H and O–H groups in total. The Morgan fingerprint density at radius 2 is 2.02 bits per heavy atom.